The van der Waals surface area contributed by atoms with E-state index >= 15 is 0 Å². The first kappa shape index (κ1) is 40.3. The van der Waals surface area contributed by atoms with E-state index < -0.39 is 79.7 Å². The molecule has 18 heteroatoms. The van der Waals surface area contributed by atoms with Crippen LogP contribution in [0.15, 0.2) is 60.6 Å². The van der Waals surface area contributed by atoms with Crippen LogP contribution >= 0.6 is 22.9 Å². The number of carbonyl (C=O) groups is 3. The van der Waals surface area contributed by atoms with Gasteiger partial charge in [-0.2, -0.15) is 0 Å². The number of methoxy groups -OCH3 is 1. The number of aromatic nitrogens is 2. The number of anilines is 1. The highest BCUT2D eigenvalue weighted by atomic mass is 35.5. The summed E-state index contributed by atoms with van der Waals surface area (Å²) in [6, 6.07) is 6.43. The molecule has 4 aromatic rings. The van der Waals surface area contributed by atoms with Gasteiger partial charge < -0.3 is 25.0 Å². The summed E-state index contributed by atoms with van der Waals surface area (Å²) in [5.74, 6) is -3.92. The molecule has 0 bridgehead atoms. The molecule has 3 amide bonds. The smallest absolute Gasteiger partial charge is 0.259 e. The number of hydrogen-bond acceptors (Lipinski definition) is 11. The first-order chi connectivity index (χ1) is 26.9. The van der Waals surface area contributed by atoms with E-state index in [1.54, 1.807) is 23.6 Å². The van der Waals surface area contributed by atoms with Crippen LogP contribution in [0.5, 0.6) is 11.6 Å². The van der Waals surface area contributed by atoms with E-state index in [4.69, 9.17) is 21.1 Å². The average molecular weight is 843 g/mol. The Hall–Kier alpha value is -4.87. The number of halogens is 3. The molecule has 1 aliphatic heterocycles. The maximum atomic E-state index is 14.8. The van der Waals surface area contributed by atoms with E-state index in [1.807, 2.05) is 20.8 Å². The number of rotatable bonds is 13. The van der Waals surface area contributed by atoms with E-state index in [2.05, 4.69) is 31.9 Å². The van der Waals surface area contributed by atoms with Gasteiger partial charge in [0.15, 0.2) is 16.8 Å². The predicted octanol–water partition coefficient (Wildman–Crippen LogP) is 5.84. The number of likely N-dealkylation sites (tertiary alicyclic amines) is 1. The van der Waals surface area contributed by atoms with Gasteiger partial charge in [0.2, 0.25) is 27.7 Å². The molecule has 3 fully saturated rings. The van der Waals surface area contributed by atoms with Crippen LogP contribution in [-0.4, -0.2) is 83.6 Å². The molecule has 2 aromatic carbocycles. The van der Waals surface area contributed by atoms with Crippen LogP contribution in [0, 0.1) is 23.0 Å². The molecule has 0 spiro atoms. The fraction of sp³-hybridized carbons (Fsp3) is 0.410. The number of nitrogens with zero attached hydrogens (tertiary/aromatic N) is 3. The maximum absolute atomic E-state index is 14.8. The number of nitrogens with one attached hydrogen (secondary N) is 3. The molecule has 1 unspecified atom stereocenters. The zero-order chi connectivity index (χ0) is 41.0. The second-order valence-electron chi connectivity index (χ2n) is 15.6. The molecule has 5 atom stereocenters. The number of amides is 3. The van der Waals surface area contributed by atoms with Crippen molar-refractivity contribution >= 4 is 66.6 Å². The Kier molecular flexibility index (Phi) is 10.7. The highest BCUT2D eigenvalue weighted by Gasteiger charge is 2.62. The van der Waals surface area contributed by atoms with E-state index in [-0.39, 0.29) is 25.3 Å². The summed E-state index contributed by atoms with van der Waals surface area (Å²) in [6.45, 7) is 9.21. The molecule has 0 radical (unpaired) electrons. The summed E-state index contributed by atoms with van der Waals surface area (Å²) in [5, 5.41) is 8.94. The van der Waals surface area contributed by atoms with Crippen LogP contribution in [0.1, 0.15) is 46.5 Å². The van der Waals surface area contributed by atoms with Gasteiger partial charge in [-0.3, -0.25) is 19.1 Å². The molecule has 302 valence electrons. The SMILES string of the molecule is C=C[C@@H]1C[C@]1(NC(=O)[C@@H]1C[C@@H](Oc2ncc(OC)c3ccc(Cl)cc23)CN1C(=O)C(Nc1nc(-c2ccc(F)c(F)c2)cs1)C(C)(C)C)C(=O)NS(=O)(=O)C1CC1. The van der Waals surface area contributed by atoms with Gasteiger partial charge in [-0.15, -0.1) is 17.9 Å². The van der Waals surface area contributed by atoms with Crippen LogP contribution in [0.4, 0.5) is 13.9 Å². The third kappa shape index (κ3) is 8.14. The lowest BCUT2D eigenvalue weighted by molar-refractivity contribution is -0.141. The molecule has 13 nitrogen and oxygen atoms in total. The Morgan fingerprint density at radius 1 is 1.12 bits per heavy atom. The average Bonchev–Trinajstić information content (AvgIpc) is 4.05. The fourth-order valence-electron chi connectivity index (χ4n) is 7.04. The van der Waals surface area contributed by atoms with Crippen LogP contribution in [0.2, 0.25) is 5.02 Å². The van der Waals surface area contributed by atoms with Crippen molar-refractivity contribution in [3.8, 4) is 22.9 Å². The van der Waals surface area contributed by atoms with Crippen LogP contribution in [-0.2, 0) is 24.4 Å². The Balaban J connectivity index is 1.19. The van der Waals surface area contributed by atoms with E-state index in [0.717, 1.165) is 23.5 Å². The summed E-state index contributed by atoms with van der Waals surface area (Å²) in [7, 11) is -2.42. The third-order valence-corrected chi connectivity index (χ3v) is 13.3. The quantitative estimate of drug-likeness (QED) is 0.139. The first-order valence-corrected chi connectivity index (χ1v) is 21.0. The van der Waals surface area contributed by atoms with Gasteiger partial charge in [-0.25, -0.2) is 27.2 Å². The molecule has 2 aliphatic carbocycles. The Morgan fingerprint density at radius 3 is 2.53 bits per heavy atom. The van der Waals surface area contributed by atoms with Gasteiger partial charge >= 0.3 is 0 Å². The Morgan fingerprint density at radius 2 is 1.88 bits per heavy atom. The number of carbonyl (C=O) groups excluding carboxylic acids is 3. The second kappa shape index (κ2) is 15.1. The predicted molar refractivity (Wildman–Crippen MR) is 211 cm³/mol. The molecule has 7 rings (SSSR count). The van der Waals surface area contributed by atoms with E-state index in [9.17, 15) is 31.6 Å². The van der Waals surface area contributed by atoms with E-state index in [1.165, 1.54) is 30.3 Å². The van der Waals surface area contributed by atoms with Gasteiger partial charge in [0.05, 0.1) is 30.8 Å². The zero-order valence-electron chi connectivity index (χ0n) is 31.5. The third-order valence-electron chi connectivity index (χ3n) is 10.5. The summed E-state index contributed by atoms with van der Waals surface area (Å²) in [5.41, 5.74) is -1.65. The standard InChI is InChI=1S/C39H41ClF2N6O7S2/c1-6-21-16-39(21,36(51)47-57(52,53)24-9-10-24)46-33(49)30-15-23(55-34-26-14-22(40)8-11-25(26)31(54-5)17-43-34)18-48(30)35(50)32(38(2,3)4)45-37-44-29(19-56-37)20-7-12-27(41)28(42)13-20/h6-8,11-14,17,19,21,23-24,30,32H,1,9-10,15-16,18H2,2-5H3,(H,44,45)(H,46,49)(H,47,51)/t21-,23-,30+,32?,39-/m1/s1. The number of hydrogen-bond donors (Lipinski definition) is 3. The lowest BCUT2D eigenvalue weighted by Gasteiger charge is -2.35. The maximum Gasteiger partial charge on any atom is 0.259 e. The normalized spacial score (nSPS) is 22.4. The summed E-state index contributed by atoms with van der Waals surface area (Å²) < 4.78 is 67.2. The summed E-state index contributed by atoms with van der Waals surface area (Å²) >= 11 is 7.51. The lowest BCUT2D eigenvalue weighted by Crippen LogP contribution is -2.58. The molecule has 2 aromatic heterocycles. The number of sulfonamides is 1. The first-order valence-electron chi connectivity index (χ1n) is 18.2. The minimum Gasteiger partial charge on any atom is -0.494 e. The number of benzene rings is 2. The minimum atomic E-state index is -3.93. The highest BCUT2D eigenvalue weighted by molar-refractivity contribution is 7.91. The fourth-order valence-corrected chi connectivity index (χ4v) is 9.32. The Labute approximate surface area is 337 Å². The highest BCUT2D eigenvalue weighted by Crippen LogP contribution is 2.46. The number of ether oxygens (including phenoxy) is 2. The molecular weight excluding hydrogens is 802 g/mol. The van der Waals surface area contributed by atoms with Crippen LogP contribution in [0.25, 0.3) is 22.0 Å². The number of thiazole rings is 1. The monoisotopic (exact) mass is 842 g/mol. The van der Waals surface area contributed by atoms with Crippen molar-refractivity contribution in [3.63, 3.8) is 0 Å². The van der Waals surface area contributed by atoms with Crippen LogP contribution in [0.3, 0.4) is 0 Å². The minimum absolute atomic E-state index is 0.0153. The Bertz CT molecular complexity index is 2390. The molecule has 2 saturated carbocycles. The molecular formula is C39H41ClF2N6O7S2. The van der Waals surface area contributed by atoms with Crippen molar-refractivity contribution in [1.29, 1.82) is 0 Å². The van der Waals surface area contributed by atoms with Crippen molar-refractivity contribution in [2.24, 2.45) is 11.3 Å². The summed E-state index contributed by atoms with van der Waals surface area (Å²) in [4.78, 5) is 53.2. The molecule has 3 aliphatic rings. The number of fused-ring (bicyclic) bond motifs is 1. The second-order valence-corrected chi connectivity index (χ2v) is 18.9. The van der Waals surface area contributed by atoms with Crippen molar-refractivity contribution in [3.05, 3.63) is 77.3 Å². The zero-order valence-corrected chi connectivity index (χ0v) is 33.9. The van der Waals surface area contributed by atoms with Gasteiger partial charge in [0, 0.05) is 39.1 Å². The largest absolute Gasteiger partial charge is 0.494 e. The molecule has 3 N–H and O–H groups in total. The van der Waals surface area contributed by atoms with E-state index in [0.29, 0.717) is 50.8 Å². The van der Waals surface area contributed by atoms with Crippen molar-refractivity contribution in [2.45, 2.75) is 75.4 Å². The van der Waals surface area contributed by atoms with Gasteiger partial charge in [0.25, 0.3) is 5.91 Å². The van der Waals surface area contributed by atoms with Crippen LogP contribution < -0.4 is 24.8 Å². The molecule has 1 saturated heterocycles. The summed E-state index contributed by atoms with van der Waals surface area (Å²) in [6.07, 6.45) is 3.19. The topological polar surface area (TPSA) is 169 Å². The van der Waals surface area contributed by atoms with Crippen molar-refractivity contribution < 1.29 is 41.1 Å². The number of pyridine rings is 1. The lowest BCUT2D eigenvalue weighted by atomic mass is 9.85. The molecule has 57 heavy (non-hydrogen) atoms. The molecule has 3 heterocycles. The van der Waals surface area contributed by atoms with Gasteiger partial charge in [-0.05, 0) is 61.1 Å². The van der Waals surface area contributed by atoms with Crippen molar-refractivity contribution in [2.75, 3.05) is 19.0 Å². The van der Waals surface area contributed by atoms with Gasteiger partial charge in [0.1, 0.15) is 29.5 Å². The van der Waals surface area contributed by atoms with Gasteiger partial charge in [-0.1, -0.05) is 38.4 Å². The van der Waals surface area contributed by atoms with Crippen molar-refractivity contribution in [1.82, 2.24) is 24.9 Å².